The Morgan fingerprint density at radius 1 is 1.38 bits per heavy atom. The highest BCUT2D eigenvalue weighted by Crippen LogP contribution is 2.69. The maximum atomic E-state index is 10.6. The van der Waals surface area contributed by atoms with E-state index in [0.717, 1.165) is 18.5 Å². The number of hydrogen-bond acceptors (Lipinski definition) is 1. The number of aliphatic hydroxyl groups is 1. The van der Waals surface area contributed by atoms with E-state index in [0.29, 0.717) is 5.41 Å². The second-order valence-corrected chi connectivity index (χ2v) is 6.14. The van der Waals surface area contributed by atoms with E-state index >= 15 is 0 Å². The Morgan fingerprint density at radius 2 is 2.00 bits per heavy atom. The van der Waals surface area contributed by atoms with Crippen LogP contribution in [0.5, 0.6) is 0 Å². The summed E-state index contributed by atoms with van der Waals surface area (Å²) in [7, 11) is 2.72. The zero-order valence-electron chi connectivity index (χ0n) is 8.93. The fourth-order valence-electron chi connectivity index (χ4n) is 3.73. The van der Waals surface area contributed by atoms with Crippen LogP contribution < -0.4 is 0 Å². The first-order valence-corrected chi connectivity index (χ1v) is 6.11. The van der Waals surface area contributed by atoms with Crippen molar-refractivity contribution in [2.45, 2.75) is 45.6 Å². The summed E-state index contributed by atoms with van der Waals surface area (Å²) in [5.74, 6) is 0.739. The molecule has 2 bridgehead atoms. The second kappa shape index (κ2) is 2.49. The average molecular weight is 200 g/mol. The molecule has 0 aliphatic heterocycles. The van der Waals surface area contributed by atoms with Gasteiger partial charge in [0.15, 0.2) is 0 Å². The van der Waals surface area contributed by atoms with Crippen LogP contribution in [0.3, 0.4) is 0 Å². The molecule has 0 aromatic rings. The van der Waals surface area contributed by atoms with Crippen molar-refractivity contribution in [3.05, 3.63) is 0 Å². The summed E-state index contributed by atoms with van der Waals surface area (Å²) < 4.78 is 0. The normalized spacial score (nSPS) is 52.8. The van der Waals surface area contributed by atoms with Crippen LogP contribution in [0.1, 0.15) is 40.0 Å². The Hall–Kier alpha value is 0.390. The van der Waals surface area contributed by atoms with E-state index in [9.17, 15) is 5.11 Å². The quantitative estimate of drug-likeness (QED) is 0.644. The minimum absolute atomic E-state index is 0.145. The summed E-state index contributed by atoms with van der Waals surface area (Å²) in [6, 6.07) is 0. The van der Waals surface area contributed by atoms with Gasteiger partial charge in [-0.3, -0.25) is 0 Å². The lowest BCUT2D eigenvalue weighted by molar-refractivity contribution is -0.0707. The van der Waals surface area contributed by atoms with Crippen LogP contribution in [0.2, 0.25) is 0 Å². The molecule has 2 aliphatic carbocycles. The van der Waals surface area contributed by atoms with Gasteiger partial charge in [-0.15, -0.1) is 9.24 Å². The summed E-state index contributed by atoms with van der Waals surface area (Å²) in [6.45, 7) is 6.95. The predicted octanol–water partition coefficient (Wildman–Crippen LogP) is 2.44. The van der Waals surface area contributed by atoms with Crippen LogP contribution in [-0.4, -0.2) is 16.9 Å². The summed E-state index contributed by atoms with van der Waals surface area (Å²) in [6.07, 6.45) is 4.37. The third kappa shape index (κ3) is 0.908. The zero-order valence-corrected chi connectivity index (χ0v) is 10.1. The molecule has 0 radical (unpaired) electrons. The molecule has 2 rings (SSSR count). The molecular formula is C11H21OP. The molecule has 0 spiro atoms. The van der Waals surface area contributed by atoms with Crippen molar-refractivity contribution >= 4 is 9.24 Å². The van der Waals surface area contributed by atoms with Gasteiger partial charge in [0.1, 0.15) is 0 Å². The topological polar surface area (TPSA) is 20.2 Å². The van der Waals surface area contributed by atoms with Gasteiger partial charge in [0.25, 0.3) is 0 Å². The highest BCUT2D eigenvalue weighted by molar-refractivity contribution is 7.16. The van der Waals surface area contributed by atoms with E-state index in [1.54, 1.807) is 0 Å². The molecule has 2 saturated carbocycles. The van der Waals surface area contributed by atoms with Crippen molar-refractivity contribution in [1.29, 1.82) is 0 Å². The molecule has 1 N–H and O–H groups in total. The van der Waals surface area contributed by atoms with Gasteiger partial charge in [-0.2, -0.15) is 0 Å². The van der Waals surface area contributed by atoms with Crippen LogP contribution in [0.25, 0.3) is 0 Å². The fourth-order valence-corrected chi connectivity index (χ4v) is 4.34. The Kier molecular flexibility index (Phi) is 1.90. The fraction of sp³-hybridized carbons (Fsp3) is 1.00. The largest absolute Gasteiger partial charge is 0.389 e. The van der Waals surface area contributed by atoms with E-state index in [1.165, 1.54) is 12.8 Å². The molecule has 76 valence electrons. The van der Waals surface area contributed by atoms with Gasteiger partial charge in [0.2, 0.25) is 0 Å². The summed E-state index contributed by atoms with van der Waals surface area (Å²) in [5, 5.41) is 10.6. The van der Waals surface area contributed by atoms with E-state index < -0.39 is 5.60 Å². The van der Waals surface area contributed by atoms with Gasteiger partial charge in [-0.25, -0.2) is 0 Å². The molecule has 0 aromatic carbocycles. The third-order valence-electron chi connectivity index (χ3n) is 5.38. The van der Waals surface area contributed by atoms with E-state index in [4.69, 9.17) is 0 Å². The Balaban J connectivity index is 2.44. The lowest BCUT2D eigenvalue weighted by Gasteiger charge is -2.44. The minimum atomic E-state index is -0.413. The molecular weight excluding hydrogens is 179 g/mol. The zero-order chi connectivity index (χ0) is 9.91. The van der Waals surface area contributed by atoms with Gasteiger partial charge in [-0.05, 0) is 36.8 Å². The Bertz CT molecular complexity index is 238. The molecule has 4 unspecified atom stereocenters. The monoisotopic (exact) mass is 200 g/mol. The van der Waals surface area contributed by atoms with Crippen LogP contribution >= 0.6 is 9.24 Å². The number of fused-ring (bicyclic) bond motifs is 2. The first-order valence-electron chi connectivity index (χ1n) is 5.30. The van der Waals surface area contributed by atoms with Crippen LogP contribution in [0, 0.1) is 16.7 Å². The van der Waals surface area contributed by atoms with Gasteiger partial charge < -0.3 is 5.11 Å². The molecule has 0 heterocycles. The summed E-state index contributed by atoms with van der Waals surface area (Å²) in [4.78, 5) is 0. The Labute approximate surface area is 83.5 Å². The molecule has 13 heavy (non-hydrogen) atoms. The van der Waals surface area contributed by atoms with Crippen LogP contribution in [0.4, 0.5) is 0 Å². The van der Waals surface area contributed by atoms with Crippen molar-refractivity contribution in [2.75, 3.05) is 6.16 Å². The SMILES string of the molecule is CC1(C)C2CCC1(C)C(O)(CP)C2. The van der Waals surface area contributed by atoms with Gasteiger partial charge in [0.05, 0.1) is 5.60 Å². The van der Waals surface area contributed by atoms with Gasteiger partial charge in [-0.1, -0.05) is 20.8 Å². The molecule has 0 saturated heterocycles. The van der Waals surface area contributed by atoms with Crippen LogP contribution in [0.15, 0.2) is 0 Å². The highest BCUT2D eigenvalue weighted by Gasteiger charge is 2.67. The molecule has 1 nitrogen and oxygen atoms in total. The second-order valence-electron chi connectivity index (χ2n) is 5.73. The third-order valence-corrected chi connectivity index (χ3v) is 6.06. The van der Waals surface area contributed by atoms with Crippen molar-refractivity contribution in [1.82, 2.24) is 0 Å². The molecule has 0 aromatic heterocycles. The van der Waals surface area contributed by atoms with Gasteiger partial charge >= 0.3 is 0 Å². The minimum Gasteiger partial charge on any atom is -0.389 e. The van der Waals surface area contributed by atoms with Crippen molar-refractivity contribution in [3.63, 3.8) is 0 Å². The first kappa shape index (κ1) is 9.93. The lowest BCUT2D eigenvalue weighted by Crippen LogP contribution is -2.48. The van der Waals surface area contributed by atoms with Crippen molar-refractivity contribution in [2.24, 2.45) is 16.7 Å². The molecule has 2 aliphatic rings. The Morgan fingerprint density at radius 3 is 2.23 bits per heavy atom. The highest BCUT2D eigenvalue weighted by atomic mass is 31.0. The molecule has 2 fully saturated rings. The lowest BCUT2D eigenvalue weighted by atomic mass is 9.65. The maximum absolute atomic E-state index is 10.6. The van der Waals surface area contributed by atoms with Crippen molar-refractivity contribution < 1.29 is 5.11 Å². The van der Waals surface area contributed by atoms with E-state index in [1.807, 2.05) is 0 Å². The van der Waals surface area contributed by atoms with Crippen molar-refractivity contribution in [3.8, 4) is 0 Å². The predicted molar refractivity (Wildman–Crippen MR) is 58.8 cm³/mol. The molecule has 2 heteroatoms. The molecule has 4 atom stereocenters. The maximum Gasteiger partial charge on any atom is 0.0743 e. The summed E-state index contributed by atoms with van der Waals surface area (Å²) in [5.41, 5.74) is 0.0643. The van der Waals surface area contributed by atoms with E-state index in [2.05, 4.69) is 30.0 Å². The molecule has 0 amide bonds. The van der Waals surface area contributed by atoms with Gasteiger partial charge in [0, 0.05) is 5.41 Å². The standard InChI is InChI=1S/C11H21OP/c1-9(2)8-4-5-10(9,3)11(12,6-8)7-13/h8,12H,4-7,13H2,1-3H3. The average Bonchev–Trinajstić information content (AvgIpc) is 2.36. The smallest absolute Gasteiger partial charge is 0.0743 e. The van der Waals surface area contributed by atoms with E-state index in [-0.39, 0.29) is 5.41 Å². The number of rotatable bonds is 1. The summed E-state index contributed by atoms with van der Waals surface area (Å²) >= 11 is 0. The van der Waals surface area contributed by atoms with Crippen LogP contribution in [-0.2, 0) is 0 Å². The number of hydrogen-bond donors (Lipinski definition) is 1. The first-order chi connectivity index (χ1) is 5.87.